The van der Waals surface area contributed by atoms with Crippen LogP contribution in [0.1, 0.15) is 41.0 Å². The molecule has 1 atom stereocenters. The molecule has 2 radical (unpaired) electrons. The molecule has 0 fully saturated rings. The predicted octanol–water partition coefficient (Wildman–Crippen LogP) is 1.87. The Morgan fingerprint density at radius 1 is 1.33 bits per heavy atom. The molecule has 0 aliphatic heterocycles. The molecule has 0 aliphatic rings. The van der Waals surface area contributed by atoms with Gasteiger partial charge in [0.15, 0.2) is 0 Å². The summed E-state index contributed by atoms with van der Waals surface area (Å²) in [6, 6.07) is 0. The maximum Gasteiger partial charge on any atom is 0.302 e. The van der Waals surface area contributed by atoms with Gasteiger partial charge in [0.05, 0.1) is 5.50 Å². The monoisotopic (exact) mass is 168 g/mol. The van der Waals surface area contributed by atoms with Crippen LogP contribution >= 0.6 is 0 Å². The molecule has 0 saturated heterocycles. The van der Waals surface area contributed by atoms with Crippen LogP contribution in [-0.4, -0.2) is 19.3 Å². The fraction of sp³-hybridized carbons (Fsp3) is 0.889. The van der Waals surface area contributed by atoms with Crippen LogP contribution in [0.25, 0.3) is 0 Å². The van der Waals surface area contributed by atoms with Gasteiger partial charge in [0.1, 0.15) is 7.85 Å². The van der Waals surface area contributed by atoms with Crippen molar-refractivity contribution in [3.8, 4) is 0 Å². The Bertz CT molecular complexity index is 168. The minimum Gasteiger partial charge on any atom is -0.470 e. The molecule has 0 aromatic carbocycles. The van der Waals surface area contributed by atoms with Gasteiger partial charge in [0, 0.05) is 6.92 Å². The summed E-state index contributed by atoms with van der Waals surface area (Å²) in [6.45, 7) is 9.26. The van der Waals surface area contributed by atoms with E-state index < -0.39 is 5.50 Å². The van der Waals surface area contributed by atoms with Crippen LogP contribution in [0, 0.1) is 5.41 Å². The molecule has 0 aromatic heterocycles. The molecule has 0 N–H and O–H groups in total. The van der Waals surface area contributed by atoms with E-state index in [0.717, 1.165) is 0 Å². The summed E-state index contributed by atoms with van der Waals surface area (Å²) < 4.78 is 4.95. The van der Waals surface area contributed by atoms with Gasteiger partial charge in [-0.1, -0.05) is 20.8 Å². The van der Waals surface area contributed by atoms with Crippen LogP contribution in [0.5, 0.6) is 0 Å². The van der Waals surface area contributed by atoms with E-state index in [-0.39, 0.29) is 11.4 Å². The lowest BCUT2D eigenvalue weighted by molar-refractivity contribution is -0.149. The molecule has 2 nitrogen and oxygen atoms in total. The summed E-state index contributed by atoms with van der Waals surface area (Å²) in [6.07, 6.45) is 0.652. The van der Waals surface area contributed by atoms with Crippen molar-refractivity contribution in [3.05, 3.63) is 0 Å². The molecule has 0 spiro atoms. The van der Waals surface area contributed by atoms with Crippen molar-refractivity contribution in [3.63, 3.8) is 0 Å². The first-order chi connectivity index (χ1) is 5.12. The zero-order valence-electron chi connectivity index (χ0n) is 8.60. The Kier molecular flexibility index (Phi) is 3.37. The van der Waals surface area contributed by atoms with E-state index >= 15 is 0 Å². The third kappa shape index (κ3) is 6.26. The molecule has 1 unspecified atom stereocenters. The van der Waals surface area contributed by atoms with E-state index in [0.29, 0.717) is 6.42 Å². The molecule has 68 valence electrons. The van der Waals surface area contributed by atoms with Gasteiger partial charge in [-0.2, -0.15) is 0 Å². The predicted molar refractivity (Wildman–Crippen MR) is 50.0 cm³/mol. The SMILES string of the molecule is [B]C(C)(CC(C)(C)C)OC(C)=O. The van der Waals surface area contributed by atoms with Crippen molar-refractivity contribution in [2.45, 2.75) is 46.5 Å². The molecular weight excluding hydrogens is 151 g/mol. The summed E-state index contributed by atoms with van der Waals surface area (Å²) >= 11 is 0. The highest BCUT2D eigenvalue weighted by molar-refractivity contribution is 6.14. The highest BCUT2D eigenvalue weighted by Gasteiger charge is 2.27. The van der Waals surface area contributed by atoms with Crippen LogP contribution in [0.2, 0.25) is 0 Å². The van der Waals surface area contributed by atoms with E-state index in [2.05, 4.69) is 20.8 Å². The first-order valence-electron chi connectivity index (χ1n) is 4.11. The number of ether oxygens (including phenoxy) is 1. The zero-order valence-corrected chi connectivity index (χ0v) is 8.60. The third-order valence-electron chi connectivity index (χ3n) is 1.26. The molecule has 0 aromatic rings. The summed E-state index contributed by atoms with van der Waals surface area (Å²) in [4.78, 5) is 10.6. The van der Waals surface area contributed by atoms with Crippen LogP contribution in [0.3, 0.4) is 0 Å². The summed E-state index contributed by atoms with van der Waals surface area (Å²) in [5.74, 6) is -0.329. The molecule has 12 heavy (non-hydrogen) atoms. The largest absolute Gasteiger partial charge is 0.470 e. The summed E-state index contributed by atoms with van der Waals surface area (Å²) in [5.41, 5.74) is -0.775. The Balaban J connectivity index is 4.13. The molecule has 0 aliphatic carbocycles. The van der Waals surface area contributed by atoms with E-state index in [1.54, 1.807) is 6.92 Å². The molecule has 3 heteroatoms. The number of carbonyl (C=O) groups excluding carboxylic acids is 1. The number of esters is 1. The fourth-order valence-electron chi connectivity index (χ4n) is 1.42. The quantitative estimate of drug-likeness (QED) is 0.464. The Labute approximate surface area is 76.1 Å². The van der Waals surface area contributed by atoms with Crippen molar-refractivity contribution >= 4 is 13.8 Å². The van der Waals surface area contributed by atoms with E-state index in [1.807, 2.05) is 0 Å². The normalized spacial score (nSPS) is 16.8. The van der Waals surface area contributed by atoms with E-state index in [9.17, 15) is 4.79 Å². The fourth-order valence-corrected chi connectivity index (χ4v) is 1.42. The van der Waals surface area contributed by atoms with E-state index in [1.165, 1.54) is 6.92 Å². The molecule has 0 bridgehead atoms. The summed E-state index contributed by atoms with van der Waals surface area (Å²) in [7, 11) is 5.76. The van der Waals surface area contributed by atoms with Crippen molar-refractivity contribution in [2.24, 2.45) is 5.41 Å². The topological polar surface area (TPSA) is 26.3 Å². The number of hydrogen-bond donors (Lipinski definition) is 0. The van der Waals surface area contributed by atoms with Gasteiger partial charge in [-0.05, 0) is 18.8 Å². The number of carbonyl (C=O) groups is 1. The highest BCUT2D eigenvalue weighted by atomic mass is 16.5. The maximum absolute atomic E-state index is 10.6. The highest BCUT2D eigenvalue weighted by Crippen LogP contribution is 2.27. The average Bonchev–Trinajstić information content (AvgIpc) is 1.48. The van der Waals surface area contributed by atoms with Gasteiger partial charge < -0.3 is 4.74 Å². The van der Waals surface area contributed by atoms with Gasteiger partial charge in [-0.3, -0.25) is 4.79 Å². The smallest absolute Gasteiger partial charge is 0.302 e. The molecule has 0 heterocycles. The second kappa shape index (κ2) is 3.50. The number of hydrogen-bond acceptors (Lipinski definition) is 2. The van der Waals surface area contributed by atoms with Crippen molar-refractivity contribution in [1.29, 1.82) is 0 Å². The molecule has 0 amide bonds. The molecule has 0 saturated carbocycles. The second-order valence-corrected chi connectivity index (χ2v) is 4.64. The van der Waals surface area contributed by atoms with Crippen LogP contribution in [-0.2, 0) is 9.53 Å². The first-order valence-corrected chi connectivity index (χ1v) is 4.11. The Morgan fingerprint density at radius 2 is 1.75 bits per heavy atom. The maximum atomic E-state index is 10.6. The van der Waals surface area contributed by atoms with Crippen LogP contribution in [0.15, 0.2) is 0 Å². The standard InChI is InChI=1S/C9H17BO2/c1-7(11)12-9(5,10)6-8(2,3)4/h6H2,1-5H3. The third-order valence-corrected chi connectivity index (χ3v) is 1.26. The van der Waals surface area contributed by atoms with Gasteiger partial charge >= 0.3 is 5.97 Å². The minimum atomic E-state index is -0.843. The van der Waals surface area contributed by atoms with Gasteiger partial charge in [-0.15, -0.1) is 0 Å². The lowest BCUT2D eigenvalue weighted by Gasteiger charge is -2.32. The van der Waals surface area contributed by atoms with Gasteiger partial charge in [0.2, 0.25) is 0 Å². The average molecular weight is 168 g/mol. The van der Waals surface area contributed by atoms with Gasteiger partial charge in [0.25, 0.3) is 0 Å². The molecular formula is C9H17BO2. The lowest BCUT2D eigenvalue weighted by Crippen LogP contribution is -2.35. The molecule has 0 rings (SSSR count). The second-order valence-electron chi connectivity index (χ2n) is 4.64. The zero-order chi connectivity index (χ0) is 9.99. The Morgan fingerprint density at radius 3 is 2.00 bits per heavy atom. The van der Waals surface area contributed by atoms with Crippen molar-refractivity contribution < 1.29 is 9.53 Å². The van der Waals surface area contributed by atoms with Crippen molar-refractivity contribution in [1.82, 2.24) is 0 Å². The number of rotatable bonds is 2. The van der Waals surface area contributed by atoms with Crippen LogP contribution < -0.4 is 0 Å². The Hall–Kier alpha value is -0.465. The summed E-state index contributed by atoms with van der Waals surface area (Å²) in [5, 5.41) is 0. The minimum absolute atomic E-state index is 0.0684. The van der Waals surface area contributed by atoms with Gasteiger partial charge in [-0.25, -0.2) is 0 Å². The lowest BCUT2D eigenvalue weighted by atomic mass is 9.72. The van der Waals surface area contributed by atoms with Crippen molar-refractivity contribution in [2.75, 3.05) is 0 Å². The van der Waals surface area contributed by atoms with Crippen LogP contribution in [0.4, 0.5) is 0 Å². The van der Waals surface area contributed by atoms with E-state index in [4.69, 9.17) is 12.6 Å². The first kappa shape index (κ1) is 11.5.